The monoisotopic (exact) mass is 313 g/mol. The lowest BCUT2D eigenvalue weighted by molar-refractivity contribution is -0.115. The molecule has 5 nitrogen and oxygen atoms in total. The molecule has 0 fully saturated rings. The number of urea groups is 1. The van der Waals surface area contributed by atoms with E-state index in [2.05, 4.69) is 5.32 Å². The Morgan fingerprint density at radius 3 is 2.48 bits per heavy atom. The van der Waals surface area contributed by atoms with E-state index >= 15 is 0 Å². The minimum absolute atomic E-state index is 0.337. The van der Waals surface area contributed by atoms with Crippen LogP contribution in [-0.4, -0.2) is 11.9 Å². The first-order valence-electron chi connectivity index (χ1n) is 6.86. The first kappa shape index (κ1) is 16.2. The number of halogens is 1. The maximum Gasteiger partial charge on any atom is 0.332 e. The summed E-state index contributed by atoms with van der Waals surface area (Å²) in [6.07, 6.45) is 2.98. The average molecular weight is 313 g/mol. The SMILES string of the molecule is CC(=O)N(C(=O)N/C=C/c1ccc(F)cc1)c1cccc(N)c1. The van der Waals surface area contributed by atoms with Gasteiger partial charge in [0.1, 0.15) is 5.82 Å². The molecule has 3 N–H and O–H groups in total. The number of hydrogen-bond donors (Lipinski definition) is 2. The largest absolute Gasteiger partial charge is 0.399 e. The van der Waals surface area contributed by atoms with Gasteiger partial charge in [0, 0.05) is 18.8 Å². The quantitative estimate of drug-likeness (QED) is 0.855. The van der Waals surface area contributed by atoms with Gasteiger partial charge < -0.3 is 11.1 Å². The Morgan fingerprint density at radius 1 is 1.17 bits per heavy atom. The van der Waals surface area contributed by atoms with Crippen molar-refractivity contribution in [3.63, 3.8) is 0 Å². The maximum atomic E-state index is 12.8. The molecule has 0 saturated heterocycles. The molecule has 0 heterocycles. The van der Waals surface area contributed by atoms with Gasteiger partial charge in [-0.15, -0.1) is 0 Å². The fourth-order valence-corrected chi connectivity index (χ4v) is 1.95. The molecule has 0 aliphatic carbocycles. The van der Waals surface area contributed by atoms with E-state index in [0.717, 1.165) is 4.90 Å². The van der Waals surface area contributed by atoms with Gasteiger partial charge in [0.15, 0.2) is 0 Å². The molecule has 0 bridgehead atoms. The molecule has 118 valence electrons. The Morgan fingerprint density at radius 2 is 1.87 bits per heavy atom. The van der Waals surface area contributed by atoms with Gasteiger partial charge in [-0.05, 0) is 42.0 Å². The number of benzene rings is 2. The standard InChI is InChI=1S/C17H16FN3O2/c1-12(22)21(16-4-2-3-15(19)11-16)17(23)20-10-9-13-5-7-14(18)8-6-13/h2-11H,19H2,1H3,(H,20,23)/b10-9+. The average Bonchev–Trinajstić information content (AvgIpc) is 2.49. The van der Waals surface area contributed by atoms with Gasteiger partial charge in [-0.1, -0.05) is 18.2 Å². The lowest BCUT2D eigenvalue weighted by atomic mass is 10.2. The van der Waals surface area contributed by atoms with E-state index in [0.29, 0.717) is 16.9 Å². The summed E-state index contributed by atoms with van der Waals surface area (Å²) in [5.41, 5.74) is 7.21. The number of nitrogens with zero attached hydrogens (tertiary/aromatic N) is 1. The third-order valence-corrected chi connectivity index (χ3v) is 3.00. The summed E-state index contributed by atoms with van der Waals surface area (Å²) in [6, 6.07) is 11.6. The van der Waals surface area contributed by atoms with Crippen LogP contribution in [0.25, 0.3) is 6.08 Å². The minimum Gasteiger partial charge on any atom is -0.399 e. The number of carbonyl (C=O) groups excluding carboxylic acids is 2. The van der Waals surface area contributed by atoms with Crippen LogP contribution in [0.3, 0.4) is 0 Å². The van der Waals surface area contributed by atoms with E-state index in [9.17, 15) is 14.0 Å². The van der Waals surface area contributed by atoms with E-state index in [1.54, 1.807) is 36.4 Å². The smallest absolute Gasteiger partial charge is 0.332 e. The Hall–Kier alpha value is -3.15. The summed E-state index contributed by atoms with van der Waals surface area (Å²) in [5.74, 6) is -0.779. The summed E-state index contributed by atoms with van der Waals surface area (Å²) in [6.45, 7) is 1.28. The third-order valence-electron chi connectivity index (χ3n) is 3.00. The van der Waals surface area contributed by atoms with E-state index in [-0.39, 0.29) is 5.82 Å². The van der Waals surface area contributed by atoms with Crippen LogP contribution in [-0.2, 0) is 4.79 Å². The topological polar surface area (TPSA) is 75.4 Å². The van der Waals surface area contributed by atoms with Gasteiger partial charge in [-0.2, -0.15) is 0 Å². The number of rotatable bonds is 3. The van der Waals surface area contributed by atoms with Gasteiger partial charge in [-0.3, -0.25) is 4.79 Å². The zero-order valence-electron chi connectivity index (χ0n) is 12.5. The Labute approximate surface area is 133 Å². The van der Waals surface area contributed by atoms with Gasteiger partial charge in [0.2, 0.25) is 5.91 Å². The molecule has 2 aromatic rings. The summed E-state index contributed by atoms with van der Waals surface area (Å²) < 4.78 is 12.8. The van der Waals surface area contributed by atoms with Gasteiger partial charge in [-0.25, -0.2) is 14.1 Å². The molecule has 23 heavy (non-hydrogen) atoms. The highest BCUT2D eigenvalue weighted by Crippen LogP contribution is 2.18. The number of anilines is 2. The Bertz CT molecular complexity index is 742. The van der Waals surface area contributed by atoms with Crippen LogP contribution >= 0.6 is 0 Å². The lowest BCUT2D eigenvalue weighted by Gasteiger charge is -2.19. The first-order chi connectivity index (χ1) is 11.0. The molecule has 6 heteroatoms. The third kappa shape index (κ3) is 4.41. The van der Waals surface area contributed by atoms with E-state index in [1.165, 1.54) is 31.3 Å². The van der Waals surface area contributed by atoms with Crippen molar-refractivity contribution in [2.45, 2.75) is 6.92 Å². The molecule has 0 spiro atoms. The van der Waals surface area contributed by atoms with Crippen molar-refractivity contribution in [2.24, 2.45) is 0 Å². The predicted octanol–water partition coefficient (Wildman–Crippen LogP) is 3.14. The van der Waals surface area contributed by atoms with Crippen LogP contribution in [0.1, 0.15) is 12.5 Å². The molecule has 0 radical (unpaired) electrons. The number of imide groups is 1. The molecule has 0 aliphatic rings. The van der Waals surface area contributed by atoms with Crippen molar-refractivity contribution in [1.29, 1.82) is 0 Å². The number of carbonyl (C=O) groups is 2. The molecular formula is C17H16FN3O2. The highest BCUT2D eigenvalue weighted by atomic mass is 19.1. The summed E-state index contributed by atoms with van der Waals surface area (Å²) in [5, 5.41) is 2.50. The lowest BCUT2D eigenvalue weighted by Crippen LogP contribution is -2.41. The van der Waals surface area contributed by atoms with Crippen LogP contribution in [0.2, 0.25) is 0 Å². The van der Waals surface area contributed by atoms with Crippen LogP contribution in [0.4, 0.5) is 20.6 Å². The molecule has 2 aromatic carbocycles. The van der Waals surface area contributed by atoms with Crippen LogP contribution in [0.15, 0.2) is 54.7 Å². The van der Waals surface area contributed by atoms with Crippen LogP contribution in [0.5, 0.6) is 0 Å². The number of amides is 3. The van der Waals surface area contributed by atoms with Crippen molar-refractivity contribution in [3.8, 4) is 0 Å². The second-order valence-electron chi connectivity index (χ2n) is 4.78. The van der Waals surface area contributed by atoms with Crippen molar-refractivity contribution in [3.05, 3.63) is 66.1 Å². The highest BCUT2D eigenvalue weighted by molar-refractivity contribution is 6.13. The molecule has 0 aromatic heterocycles. The van der Waals surface area contributed by atoms with Crippen molar-refractivity contribution < 1.29 is 14.0 Å². The van der Waals surface area contributed by atoms with Crippen molar-refractivity contribution in [1.82, 2.24) is 5.32 Å². The zero-order valence-corrected chi connectivity index (χ0v) is 12.5. The number of nitrogen functional groups attached to an aromatic ring is 1. The Kier molecular flexibility index (Phi) is 5.09. The summed E-state index contributed by atoms with van der Waals surface area (Å²) >= 11 is 0. The Balaban J connectivity index is 2.10. The van der Waals surface area contributed by atoms with Gasteiger partial charge in [0.05, 0.1) is 5.69 Å². The number of nitrogens with two attached hydrogens (primary N) is 1. The number of hydrogen-bond acceptors (Lipinski definition) is 3. The molecule has 2 rings (SSSR count). The molecule has 0 saturated carbocycles. The fourth-order valence-electron chi connectivity index (χ4n) is 1.95. The minimum atomic E-state index is -0.610. The first-order valence-corrected chi connectivity index (χ1v) is 6.86. The van der Waals surface area contributed by atoms with Crippen LogP contribution in [0, 0.1) is 5.82 Å². The van der Waals surface area contributed by atoms with Gasteiger partial charge >= 0.3 is 6.03 Å². The summed E-state index contributed by atoms with van der Waals surface area (Å²) in [4.78, 5) is 24.9. The van der Waals surface area contributed by atoms with Crippen LogP contribution < -0.4 is 16.0 Å². The molecule has 0 unspecified atom stereocenters. The molecular weight excluding hydrogens is 297 g/mol. The molecule has 3 amide bonds. The predicted molar refractivity (Wildman–Crippen MR) is 88.0 cm³/mol. The van der Waals surface area contributed by atoms with Gasteiger partial charge in [0.25, 0.3) is 0 Å². The highest BCUT2D eigenvalue weighted by Gasteiger charge is 2.19. The second-order valence-corrected chi connectivity index (χ2v) is 4.78. The van der Waals surface area contributed by atoms with Crippen molar-refractivity contribution >= 4 is 29.4 Å². The molecule has 0 aliphatic heterocycles. The van der Waals surface area contributed by atoms with E-state index in [1.807, 2.05) is 0 Å². The maximum absolute atomic E-state index is 12.8. The molecule has 0 atom stereocenters. The van der Waals surface area contributed by atoms with Crippen molar-refractivity contribution in [2.75, 3.05) is 10.6 Å². The van der Waals surface area contributed by atoms with E-state index < -0.39 is 11.9 Å². The second kappa shape index (κ2) is 7.22. The summed E-state index contributed by atoms with van der Waals surface area (Å²) in [7, 11) is 0. The zero-order chi connectivity index (χ0) is 16.8. The number of nitrogens with one attached hydrogen (secondary N) is 1. The normalized spacial score (nSPS) is 10.5. The van der Waals surface area contributed by atoms with E-state index in [4.69, 9.17) is 5.73 Å². The fraction of sp³-hybridized carbons (Fsp3) is 0.0588.